The van der Waals surface area contributed by atoms with Crippen LogP contribution in [0.2, 0.25) is 0 Å². The molecule has 0 aliphatic rings. The van der Waals surface area contributed by atoms with E-state index in [4.69, 9.17) is 9.47 Å². The summed E-state index contributed by atoms with van der Waals surface area (Å²) in [5.41, 5.74) is 0.735. The van der Waals surface area contributed by atoms with Crippen molar-refractivity contribution in [2.45, 2.75) is 25.9 Å². The molecule has 120 valence electrons. The van der Waals surface area contributed by atoms with Crippen molar-refractivity contribution in [1.82, 2.24) is 0 Å². The Morgan fingerprint density at radius 3 is 2.76 bits per heavy atom. The van der Waals surface area contributed by atoms with Gasteiger partial charge in [0.15, 0.2) is 0 Å². The number of hydrogen-bond donors (Lipinski definition) is 2. The van der Waals surface area contributed by atoms with Gasteiger partial charge >= 0.3 is 0 Å². The topological polar surface area (TPSA) is 50.7 Å². The van der Waals surface area contributed by atoms with Crippen molar-refractivity contribution in [2.75, 3.05) is 38.3 Å². The molecule has 1 atom stereocenters. The Balaban J connectivity index is 2.09. The summed E-state index contributed by atoms with van der Waals surface area (Å²) in [5.74, 6) is -0.306. The highest BCUT2D eigenvalue weighted by atomic mass is 79.9. The quantitative estimate of drug-likeness (QED) is 0.592. The summed E-state index contributed by atoms with van der Waals surface area (Å²) in [5, 5.41) is 12.8. The normalized spacial score (nSPS) is 12.4. The van der Waals surface area contributed by atoms with Crippen LogP contribution in [0.3, 0.4) is 0 Å². The lowest BCUT2D eigenvalue weighted by atomic mass is 10.3. The highest BCUT2D eigenvalue weighted by Gasteiger charge is 2.06. The lowest BCUT2D eigenvalue weighted by Crippen LogP contribution is -2.25. The molecule has 21 heavy (non-hydrogen) atoms. The van der Waals surface area contributed by atoms with Gasteiger partial charge in [-0.3, -0.25) is 0 Å². The Hall–Kier alpha value is -0.690. The van der Waals surface area contributed by atoms with Crippen LogP contribution in [-0.2, 0) is 9.47 Å². The molecule has 1 rings (SSSR count). The zero-order valence-corrected chi connectivity index (χ0v) is 13.9. The van der Waals surface area contributed by atoms with Gasteiger partial charge in [0, 0.05) is 23.3 Å². The largest absolute Gasteiger partial charge is 0.389 e. The molecule has 0 heterocycles. The van der Waals surface area contributed by atoms with Crippen molar-refractivity contribution in [3.05, 3.63) is 28.5 Å². The zero-order valence-electron chi connectivity index (χ0n) is 12.3. The number of ether oxygens (including phenoxy) is 2. The maximum absolute atomic E-state index is 12.9. The van der Waals surface area contributed by atoms with Gasteiger partial charge in [-0.05, 0) is 40.5 Å². The molecule has 0 radical (unpaired) electrons. The molecule has 1 unspecified atom stereocenters. The van der Waals surface area contributed by atoms with Crippen LogP contribution in [0.15, 0.2) is 22.7 Å². The van der Waals surface area contributed by atoms with Crippen LogP contribution >= 0.6 is 15.9 Å². The molecule has 1 aromatic carbocycles. The second-order valence-electron chi connectivity index (χ2n) is 4.70. The minimum Gasteiger partial charge on any atom is -0.389 e. The van der Waals surface area contributed by atoms with Crippen LogP contribution in [0.4, 0.5) is 10.1 Å². The van der Waals surface area contributed by atoms with E-state index in [0.29, 0.717) is 24.2 Å². The first-order valence-electron chi connectivity index (χ1n) is 7.16. The number of anilines is 1. The molecule has 6 heteroatoms. The second kappa shape index (κ2) is 11.0. The number of unbranched alkanes of at least 4 members (excludes halogenated alkanes) is 1. The fraction of sp³-hybridized carbons (Fsp3) is 0.600. The van der Waals surface area contributed by atoms with E-state index >= 15 is 0 Å². The van der Waals surface area contributed by atoms with Crippen LogP contribution < -0.4 is 5.32 Å². The molecule has 0 aromatic heterocycles. The first-order chi connectivity index (χ1) is 10.1. The van der Waals surface area contributed by atoms with Gasteiger partial charge in [-0.1, -0.05) is 13.3 Å². The van der Waals surface area contributed by atoms with Crippen LogP contribution in [-0.4, -0.2) is 44.2 Å². The predicted octanol–water partition coefficient (Wildman–Crippen LogP) is 3.19. The molecule has 0 saturated heterocycles. The van der Waals surface area contributed by atoms with Crippen molar-refractivity contribution in [3.8, 4) is 0 Å². The molecule has 4 nitrogen and oxygen atoms in total. The third kappa shape index (κ3) is 8.36. The first-order valence-corrected chi connectivity index (χ1v) is 7.95. The average molecular weight is 364 g/mol. The highest BCUT2D eigenvalue weighted by molar-refractivity contribution is 9.10. The molecule has 0 amide bonds. The van der Waals surface area contributed by atoms with Crippen molar-refractivity contribution in [3.63, 3.8) is 0 Å². The molecule has 0 bridgehead atoms. The maximum atomic E-state index is 12.9. The summed E-state index contributed by atoms with van der Waals surface area (Å²) >= 11 is 3.26. The standard InChI is InChI=1S/C15H23BrFNO3/c1-2-3-6-20-7-8-21-11-13(19)10-18-15-5-4-12(17)9-14(15)16/h4-5,9,13,18-19H,2-3,6-8,10-11H2,1H3. The van der Waals surface area contributed by atoms with Gasteiger partial charge in [-0.2, -0.15) is 0 Å². The highest BCUT2D eigenvalue weighted by Crippen LogP contribution is 2.22. The summed E-state index contributed by atoms with van der Waals surface area (Å²) in [6.07, 6.45) is 1.54. The van der Waals surface area contributed by atoms with Gasteiger partial charge in [0.05, 0.1) is 25.9 Å². The second-order valence-corrected chi connectivity index (χ2v) is 5.55. The third-order valence-corrected chi connectivity index (χ3v) is 3.44. The van der Waals surface area contributed by atoms with E-state index in [1.165, 1.54) is 12.1 Å². The van der Waals surface area contributed by atoms with E-state index in [-0.39, 0.29) is 12.4 Å². The molecule has 1 aromatic rings. The number of rotatable bonds is 11. The fourth-order valence-electron chi connectivity index (χ4n) is 1.61. The summed E-state index contributed by atoms with van der Waals surface area (Å²) < 4.78 is 24.2. The maximum Gasteiger partial charge on any atom is 0.124 e. The van der Waals surface area contributed by atoms with Gasteiger partial charge < -0.3 is 19.9 Å². The third-order valence-electron chi connectivity index (χ3n) is 2.78. The Kier molecular flexibility index (Phi) is 9.58. The van der Waals surface area contributed by atoms with Crippen molar-refractivity contribution in [1.29, 1.82) is 0 Å². The first kappa shape index (κ1) is 18.4. The molecule has 0 aliphatic heterocycles. The molecule has 0 saturated carbocycles. The fourth-order valence-corrected chi connectivity index (χ4v) is 2.10. The molecule has 0 spiro atoms. The summed E-state index contributed by atoms with van der Waals surface area (Å²) in [6.45, 7) is 4.46. The summed E-state index contributed by atoms with van der Waals surface area (Å²) in [6, 6.07) is 4.36. The SMILES string of the molecule is CCCCOCCOCC(O)CNc1ccc(F)cc1Br. The number of benzene rings is 1. The lowest BCUT2D eigenvalue weighted by Gasteiger charge is -2.14. The molecule has 0 fully saturated rings. The van der Waals surface area contributed by atoms with Crippen LogP contribution in [0.25, 0.3) is 0 Å². The predicted molar refractivity (Wildman–Crippen MR) is 85.1 cm³/mol. The van der Waals surface area contributed by atoms with E-state index in [1.54, 1.807) is 6.07 Å². The van der Waals surface area contributed by atoms with E-state index in [9.17, 15) is 9.50 Å². The molecule has 2 N–H and O–H groups in total. The monoisotopic (exact) mass is 363 g/mol. The molecular weight excluding hydrogens is 341 g/mol. The van der Waals surface area contributed by atoms with Crippen LogP contribution in [0, 0.1) is 5.82 Å². The number of halogens is 2. The Morgan fingerprint density at radius 2 is 2.05 bits per heavy atom. The van der Waals surface area contributed by atoms with E-state index in [0.717, 1.165) is 25.1 Å². The van der Waals surface area contributed by atoms with Gasteiger partial charge in [0.2, 0.25) is 0 Å². The zero-order chi connectivity index (χ0) is 15.5. The van der Waals surface area contributed by atoms with Gasteiger partial charge in [0.1, 0.15) is 5.82 Å². The summed E-state index contributed by atoms with van der Waals surface area (Å²) in [4.78, 5) is 0. The van der Waals surface area contributed by atoms with Crippen molar-refractivity contribution >= 4 is 21.6 Å². The van der Waals surface area contributed by atoms with Crippen LogP contribution in [0.5, 0.6) is 0 Å². The smallest absolute Gasteiger partial charge is 0.124 e. The van der Waals surface area contributed by atoms with Gasteiger partial charge in [0.25, 0.3) is 0 Å². The molecular formula is C15H23BrFNO3. The van der Waals surface area contributed by atoms with E-state index < -0.39 is 6.10 Å². The number of aliphatic hydroxyl groups excluding tert-OH is 1. The van der Waals surface area contributed by atoms with E-state index in [2.05, 4.69) is 28.2 Å². The van der Waals surface area contributed by atoms with Gasteiger partial charge in [-0.25, -0.2) is 4.39 Å². The van der Waals surface area contributed by atoms with Crippen molar-refractivity contribution < 1.29 is 19.0 Å². The Morgan fingerprint density at radius 1 is 1.29 bits per heavy atom. The Labute approximate surface area is 133 Å². The number of aliphatic hydroxyl groups is 1. The number of hydrogen-bond acceptors (Lipinski definition) is 4. The minimum absolute atomic E-state index is 0.239. The molecule has 0 aliphatic carbocycles. The van der Waals surface area contributed by atoms with Gasteiger partial charge in [-0.15, -0.1) is 0 Å². The van der Waals surface area contributed by atoms with E-state index in [1.807, 2.05) is 0 Å². The lowest BCUT2D eigenvalue weighted by molar-refractivity contribution is 0.00749. The summed E-state index contributed by atoms with van der Waals surface area (Å²) in [7, 11) is 0. The minimum atomic E-state index is -0.627. The van der Waals surface area contributed by atoms with Crippen molar-refractivity contribution in [2.24, 2.45) is 0 Å². The average Bonchev–Trinajstić information content (AvgIpc) is 2.45. The number of nitrogens with one attached hydrogen (secondary N) is 1. The Bertz CT molecular complexity index is 407. The van der Waals surface area contributed by atoms with Crippen LogP contribution in [0.1, 0.15) is 19.8 Å².